The molecule has 2 heterocycles. The van der Waals surface area contributed by atoms with Crippen LogP contribution in [0.1, 0.15) is 23.4 Å². The molecular weight excluding hydrogens is 403 g/mol. The summed E-state index contributed by atoms with van der Waals surface area (Å²) in [6, 6.07) is 10.6. The summed E-state index contributed by atoms with van der Waals surface area (Å²) in [7, 11) is 1.92. The topological polar surface area (TPSA) is 76.4 Å². The minimum absolute atomic E-state index is 0.241. The number of para-hydroxylation sites is 1. The second-order valence-corrected chi connectivity index (χ2v) is 7.92. The number of guanidine groups is 1. The fraction of sp³-hybridized carbons (Fsp3) is 0.381. The van der Waals surface area contributed by atoms with Crippen molar-refractivity contribution in [3.63, 3.8) is 0 Å². The minimum Gasteiger partial charge on any atom is -0.486 e. The highest BCUT2D eigenvalue weighted by molar-refractivity contribution is 7.09. The molecule has 3 aromatic rings. The molecule has 160 valence electrons. The quantitative estimate of drug-likeness (QED) is 0.403. The molecule has 0 aliphatic heterocycles. The molecule has 3 rings (SSSR count). The molecule has 0 aliphatic rings. The summed E-state index contributed by atoms with van der Waals surface area (Å²) in [5.74, 6) is 2.14. The number of hydrogen-bond acceptors (Lipinski definition) is 5. The van der Waals surface area contributed by atoms with E-state index in [0.717, 1.165) is 24.6 Å². The molecule has 7 nitrogen and oxygen atoms in total. The summed E-state index contributed by atoms with van der Waals surface area (Å²) in [5, 5.41) is 16.9. The predicted molar refractivity (Wildman–Crippen MR) is 117 cm³/mol. The predicted octanol–water partition coefficient (Wildman–Crippen LogP) is 3.07. The number of halogens is 1. The average Bonchev–Trinajstić information content (AvgIpc) is 3.36. The summed E-state index contributed by atoms with van der Waals surface area (Å²) < 4.78 is 21.4. The zero-order chi connectivity index (χ0) is 21.3. The molecule has 0 amide bonds. The lowest BCUT2D eigenvalue weighted by Crippen LogP contribution is -2.42. The lowest BCUT2D eigenvalue weighted by Gasteiger charge is -2.18. The molecule has 0 fully saturated rings. The highest BCUT2D eigenvalue weighted by Gasteiger charge is 2.10. The number of rotatable bonds is 9. The van der Waals surface area contributed by atoms with E-state index in [4.69, 9.17) is 4.74 Å². The van der Waals surface area contributed by atoms with Gasteiger partial charge in [-0.15, -0.1) is 21.5 Å². The second kappa shape index (κ2) is 10.7. The summed E-state index contributed by atoms with van der Waals surface area (Å²) in [6.45, 7) is 5.40. The molecule has 0 aliphatic carbocycles. The van der Waals surface area contributed by atoms with Gasteiger partial charge in [0.2, 0.25) is 0 Å². The molecule has 1 aromatic carbocycles. The van der Waals surface area contributed by atoms with Crippen LogP contribution in [-0.4, -0.2) is 39.9 Å². The van der Waals surface area contributed by atoms with Gasteiger partial charge in [-0.2, -0.15) is 0 Å². The number of nitrogens with one attached hydrogen (secondary N) is 2. The molecule has 2 N–H and O–H groups in total. The lowest BCUT2D eigenvalue weighted by atomic mass is 10.3. The van der Waals surface area contributed by atoms with E-state index < -0.39 is 0 Å². The molecule has 0 saturated carbocycles. The maximum absolute atomic E-state index is 13.8. The smallest absolute Gasteiger partial charge is 0.191 e. The maximum atomic E-state index is 13.8. The van der Waals surface area contributed by atoms with Gasteiger partial charge >= 0.3 is 0 Å². The van der Waals surface area contributed by atoms with E-state index in [1.54, 1.807) is 29.5 Å². The number of benzene rings is 1. The van der Waals surface area contributed by atoms with Gasteiger partial charge < -0.3 is 19.9 Å². The van der Waals surface area contributed by atoms with Crippen molar-refractivity contribution in [2.24, 2.45) is 12.0 Å². The van der Waals surface area contributed by atoms with Gasteiger partial charge in [-0.05, 0) is 43.8 Å². The van der Waals surface area contributed by atoms with Crippen LogP contribution >= 0.6 is 11.3 Å². The van der Waals surface area contributed by atoms with E-state index in [-0.39, 0.29) is 17.7 Å². The number of aryl methyl sites for hydroxylation is 1. The average molecular weight is 431 g/mol. The van der Waals surface area contributed by atoms with Crippen molar-refractivity contribution in [1.82, 2.24) is 25.4 Å². The largest absolute Gasteiger partial charge is 0.486 e. The zero-order valence-corrected chi connectivity index (χ0v) is 18.2. The standard InChI is InChI=1S/C21H27FN6OS/c1-15(29-19-9-5-4-8-18(19)22)13-24-21(23-11-10-17-7-6-12-30-17)25-14-20-27-26-16(2)28(20)3/h4-9,12,15H,10-11,13-14H2,1-3H3,(H2,23,24,25). The number of aliphatic imine (C=N–C) groups is 1. The number of thiophene rings is 1. The van der Waals surface area contributed by atoms with Gasteiger partial charge in [0.25, 0.3) is 0 Å². The van der Waals surface area contributed by atoms with Crippen LogP contribution in [0.15, 0.2) is 46.8 Å². The number of hydrogen-bond donors (Lipinski definition) is 2. The monoisotopic (exact) mass is 430 g/mol. The molecular formula is C21H27FN6OS. The van der Waals surface area contributed by atoms with Crippen LogP contribution < -0.4 is 15.4 Å². The van der Waals surface area contributed by atoms with Gasteiger partial charge in [-0.25, -0.2) is 9.38 Å². The summed E-state index contributed by atoms with van der Waals surface area (Å²) in [5.41, 5.74) is 0. The first kappa shape index (κ1) is 21.8. The Kier molecular flexibility index (Phi) is 7.78. The first-order chi connectivity index (χ1) is 14.5. The first-order valence-corrected chi connectivity index (χ1v) is 10.7. The Bertz CT molecular complexity index is 956. The third kappa shape index (κ3) is 6.28. The third-order valence-electron chi connectivity index (χ3n) is 4.53. The van der Waals surface area contributed by atoms with Crippen LogP contribution in [0.3, 0.4) is 0 Å². The molecule has 2 aromatic heterocycles. The van der Waals surface area contributed by atoms with Crippen LogP contribution in [0.2, 0.25) is 0 Å². The molecule has 1 atom stereocenters. The molecule has 0 bridgehead atoms. The van der Waals surface area contributed by atoms with Crippen molar-refractivity contribution in [2.45, 2.75) is 32.9 Å². The van der Waals surface area contributed by atoms with Gasteiger partial charge in [0, 0.05) is 18.5 Å². The molecule has 1 unspecified atom stereocenters. The summed E-state index contributed by atoms with van der Waals surface area (Å²) >= 11 is 1.73. The fourth-order valence-electron chi connectivity index (χ4n) is 2.71. The number of nitrogens with zero attached hydrogens (tertiary/aromatic N) is 4. The fourth-order valence-corrected chi connectivity index (χ4v) is 3.42. The summed E-state index contributed by atoms with van der Waals surface area (Å²) in [6.07, 6.45) is 0.658. The lowest BCUT2D eigenvalue weighted by molar-refractivity contribution is 0.214. The third-order valence-corrected chi connectivity index (χ3v) is 5.46. The first-order valence-electron chi connectivity index (χ1n) is 9.83. The Hall–Kier alpha value is -2.94. The number of aromatic nitrogens is 3. The van der Waals surface area contributed by atoms with E-state index >= 15 is 0 Å². The molecule has 0 radical (unpaired) electrons. The van der Waals surface area contributed by atoms with Crippen molar-refractivity contribution < 1.29 is 9.13 Å². The number of ether oxygens (including phenoxy) is 1. The van der Waals surface area contributed by atoms with Crippen LogP contribution in [0.5, 0.6) is 5.75 Å². The van der Waals surface area contributed by atoms with E-state index in [2.05, 4.69) is 37.3 Å². The second-order valence-electron chi connectivity index (χ2n) is 6.88. The zero-order valence-electron chi connectivity index (χ0n) is 17.4. The van der Waals surface area contributed by atoms with Gasteiger partial charge in [-0.3, -0.25) is 0 Å². The van der Waals surface area contributed by atoms with Crippen molar-refractivity contribution >= 4 is 17.3 Å². The molecule has 9 heteroatoms. The van der Waals surface area contributed by atoms with Crippen molar-refractivity contribution in [2.75, 3.05) is 13.1 Å². The van der Waals surface area contributed by atoms with Crippen LogP contribution in [0, 0.1) is 12.7 Å². The Morgan fingerprint density at radius 2 is 2.07 bits per heavy atom. The van der Waals surface area contributed by atoms with Crippen molar-refractivity contribution in [3.05, 3.63) is 64.1 Å². The van der Waals surface area contributed by atoms with Crippen LogP contribution in [-0.2, 0) is 20.0 Å². The molecule has 0 spiro atoms. The minimum atomic E-state index is -0.370. The Morgan fingerprint density at radius 3 is 2.77 bits per heavy atom. The Balaban J connectivity index is 1.58. The van der Waals surface area contributed by atoms with Crippen LogP contribution in [0.4, 0.5) is 4.39 Å². The Labute approximate surface area is 180 Å². The van der Waals surface area contributed by atoms with Crippen LogP contribution in [0.25, 0.3) is 0 Å². The Morgan fingerprint density at radius 1 is 1.23 bits per heavy atom. The van der Waals surface area contributed by atoms with Crippen molar-refractivity contribution in [1.29, 1.82) is 0 Å². The highest BCUT2D eigenvalue weighted by atomic mass is 32.1. The SMILES string of the molecule is Cc1nnc(CN=C(NCCc2cccs2)NCC(C)Oc2ccccc2F)n1C. The molecule has 30 heavy (non-hydrogen) atoms. The normalized spacial score (nSPS) is 12.6. The highest BCUT2D eigenvalue weighted by Crippen LogP contribution is 2.16. The van der Waals surface area contributed by atoms with E-state index in [9.17, 15) is 4.39 Å². The van der Waals surface area contributed by atoms with Gasteiger partial charge in [0.1, 0.15) is 18.5 Å². The van der Waals surface area contributed by atoms with Gasteiger partial charge in [0.15, 0.2) is 23.4 Å². The maximum Gasteiger partial charge on any atom is 0.191 e. The van der Waals surface area contributed by atoms with Gasteiger partial charge in [0.05, 0.1) is 6.54 Å². The van der Waals surface area contributed by atoms with E-state index in [0.29, 0.717) is 19.0 Å². The van der Waals surface area contributed by atoms with Crippen molar-refractivity contribution in [3.8, 4) is 5.75 Å². The van der Waals surface area contributed by atoms with E-state index in [1.165, 1.54) is 10.9 Å². The van der Waals surface area contributed by atoms with E-state index in [1.807, 2.05) is 31.5 Å². The van der Waals surface area contributed by atoms with Gasteiger partial charge in [-0.1, -0.05) is 18.2 Å². The summed E-state index contributed by atoms with van der Waals surface area (Å²) in [4.78, 5) is 5.94. The molecule has 0 saturated heterocycles.